The second-order valence-corrected chi connectivity index (χ2v) is 6.57. The van der Waals surface area contributed by atoms with Gasteiger partial charge in [0.2, 0.25) is 6.79 Å². The lowest BCUT2D eigenvalue weighted by Crippen LogP contribution is -2.08. The van der Waals surface area contributed by atoms with E-state index in [9.17, 15) is 8.42 Å². The highest BCUT2D eigenvalue weighted by Crippen LogP contribution is 2.34. The molecule has 7 heteroatoms. The molecule has 0 saturated carbocycles. The Morgan fingerprint density at radius 3 is 2.55 bits per heavy atom. The number of halogens is 1. The Morgan fingerprint density at radius 1 is 1.05 bits per heavy atom. The first-order valence-corrected chi connectivity index (χ1v) is 8.30. The van der Waals surface area contributed by atoms with Crippen LogP contribution >= 0.6 is 11.6 Å². The normalized spacial score (nSPS) is 13.5. The summed E-state index contributed by atoms with van der Waals surface area (Å²) in [5.41, 5.74) is 1.14. The molecule has 0 unspecified atom stereocenters. The van der Waals surface area contributed by atoms with Crippen LogP contribution in [0.3, 0.4) is 0 Å². The topological polar surface area (TPSA) is 64.6 Å². The van der Waals surface area contributed by atoms with Crippen LogP contribution in [0.2, 0.25) is 5.02 Å². The van der Waals surface area contributed by atoms with Crippen LogP contribution in [0.15, 0.2) is 47.9 Å². The van der Waals surface area contributed by atoms with Crippen LogP contribution in [0, 0.1) is 0 Å². The Kier molecular flexibility index (Phi) is 3.96. The van der Waals surface area contributed by atoms with E-state index in [1.807, 2.05) is 0 Å². The van der Waals surface area contributed by atoms with Gasteiger partial charge in [0.15, 0.2) is 11.5 Å². The molecule has 0 fully saturated rings. The maximum absolute atomic E-state index is 12.0. The molecule has 114 valence electrons. The van der Waals surface area contributed by atoms with Crippen LogP contribution in [-0.2, 0) is 10.0 Å². The standard InChI is InChI=1S/C15H12ClNO4S/c16-12-3-1-11(2-4-12)7-8-22(18,19)17-13-5-6-14-15(9-13)21-10-20-14/h1-9,17H,10H2/b8-7+. The smallest absolute Gasteiger partial charge is 0.255 e. The van der Waals surface area contributed by atoms with E-state index in [4.69, 9.17) is 21.1 Å². The van der Waals surface area contributed by atoms with E-state index < -0.39 is 10.0 Å². The average Bonchev–Trinajstić information content (AvgIpc) is 2.94. The molecular weight excluding hydrogens is 326 g/mol. The molecular formula is C15H12ClNO4S. The first-order chi connectivity index (χ1) is 10.5. The number of anilines is 1. The van der Waals surface area contributed by atoms with E-state index in [0.29, 0.717) is 22.2 Å². The first kappa shape index (κ1) is 14.7. The Hall–Kier alpha value is -2.18. The second-order valence-electron chi connectivity index (χ2n) is 4.57. The van der Waals surface area contributed by atoms with Gasteiger partial charge in [-0.3, -0.25) is 4.72 Å². The first-order valence-electron chi connectivity index (χ1n) is 6.38. The molecule has 1 N–H and O–H groups in total. The quantitative estimate of drug-likeness (QED) is 0.927. The van der Waals surface area contributed by atoms with Crippen molar-refractivity contribution in [3.63, 3.8) is 0 Å². The van der Waals surface area contributed by atoms with Crippen molar-refractivity contribution in [1.29, 1.82) is 0 Å². The lowest BCUT2D eigenvalue weighted by Gasteiger charge is -2.05. The van der Waals surface area contributed by atoms with Crippen molar-refractivity contribution in [2.24, 2.45) is 0 Å². The van der Waals surface area contributed by atoms with E-state index in [0.717, 1.165) is 11.0 Å². The molecule has 0 amide bonds. The van der Waals surface area contributed by atoms with Crippen molar-refractivity contribution in [1.82, 2.24) is 0 Å². The number of sulfonamides is 1. The summed E-state index contributed by atoms with van der Waals surface area (Å²) < 4.78 is 36.9. The van der Waals surface area contributed by atoms with Gasteiger partial charge in [0, 0.05) is 11.1 Å². The second kappa shape index (κ2) is 5.90. The molecule has 0 aromatic heterocycles. The monoisotopic (exact) mass is 337 g/mol. The summed E-state index contributed by atoms with van der Waals surface area (Å²) >= 11 is 5.78. The molecule has 2 aromatic carbocycles. The fourth-order valence-corrected chi connectivity index (χ4v) is 2.89. The molecule has 0 saturated heterocycles. The summed E-state index contributed by atoms with van der Waals surface area (Å²) in [5.74, 6) is 1.11. The Morgan fingerprint density at radius 2 is 1.77 bits per heavy atom. The number of nitrogens with one attached hydrogen (secondary N) is 1. The lowest BCUT2D eigenvalue weighted by molar-refractivity contribution is 0.174. The van der Waals surface area contributed by atoms with Crippen molar-refractivity contribution < 1.29 is 17.9 Å². The number of ether oxygens (including phenoxy) is 2. The Labute approximate surface area is 133 Å². The third-order valence-corrected chi connectivity index (χ3v) is 4.21. The molecule has 1 aliphatic heterocycles. The SMILES string of the molecule is O=S(=O)(/C=C/c1ccc(Cl)cc1)Nc1ccc2c(c1)OCO2. The lowest BCUT2D eigenvalue weighted by atomic mass is 10.2. The fourth-order valence-electron chi connectivity index (χ4n) is 1.90. The maximum Gasteiger partial charge on any atom is 0.255 e. The van der Waals surface area contributed by atoms with Gasteiger partial charge in [0.05, 0.1) is 11.1 Å². The van der Waals surface area contributed by atoms with Crippen LogP contribution in [-0.4, -0.2) is 15.2 Å². The molecule has 3 rings (SSSR count). The highest BCUT2D eigenvalue weighted by molar-refractivity contribution is 7.95. The molecule has 5 nitrogen and oxygen atoms in total. The average molecular weight is 338 g/mol. The largest absolute Gasteiger partial charge is 0.454 e. The van der Waals surface area contributed by atoms with Crippen LogP contribution in [0.4, 0.5) is 5.69 Å². The van der Waals surface area contributed by atoms with Crippen molar-refractivity contribution >= 4 is 33.4 Å². The van der Waals surface area contributed by atoms with Gasteiger partial charge in [-0.05, 0) is 35.9 Å². The summed E-state index contributed by atoms with van der Waals surface area (Å²) in [6.45, 7) is 0.141. The maximum atomic E-state index is 12.0. The van der Waals surface area contributed by atoms with Gasteiger partial charge in [-0.15, -0.1) is 0 Å². The van der Waals surface area contributed by atoms with Crippen LogP contribution < -0.4 is 14.2 Å². The van der Waals surface area contributed by atoms with Crippen LogP contribution in [0.25, 0.3) is 6.08 Å². The molecule has 0 radical (unpaired) electrons. The van der Waals surface area contributed by atoms with Gasteiger partial charge in [0.25, 0.3) is 10.0 Å². The zero-order chi connectivity index (χ0) is 15.6. The number of hydrogen-bond donors (Lipinski definition) is 1. The number of rotatable bonds is 4. The van der Waals surface area contributed by atoms with Gasteiger partial charge >= 0.3 is 0 Å². The highest BCUT2D eigenvalue weighted by atomic mass is 35.5. The summed E-state index contributed by atoms with van der Waals surface area (Å²) in [7, 11) is -3.62. The van der Waals surface area contributed by atoms with E-state index in [2.05, 4.69) is 4.72 Å². The van der Waals surface area contributed by atoms with Crippen LogP contribution in [0.5, 0.6) is 11.5 Å². The van der Waals surface area contributed by atoms with Gasteiger partial charge in [-0.25, -0.2) is 8.42 Å². The van der Waals surface area contributed by atoms with Gasteiger partial charge in [-0.2, -0.15) is 0 Å². The number of fused-ring (bicyclic) bond motifs is 1. The molecule has 0 bridgehead atoms. The molecule has 0 aliphatic carbocycles. The van der Waals surface area contributed by atoms with Gasteiger partial charge < -0.3 is 9.47 Å². The predicted molar refractivity (Wildman–Crippen MR) is 85.6 cm³/mol. The number of benzene rings is 2. The minimum atomic E-state index is -3.62. The predicted octanol–water partition coefficient (Wildman–Crippen LogP) is 3.48. The number of hydrogen-bond acceptors (Lipinski definition) is 4. The van der Waals surface area contributed by atoms with E-state index in [-0.39, 0.29) is 6.79 Å². The zero-order valence-corrected chi connectivity index (χ0v) is 12.9. The van der Waals surface area contributed by atoms with E-state index in [1.165, 1.54) is 6.08 Å². The van der Waals surface area contributed by atoms with Gasteiger partial charge in [0.1, 0.15) is 0 Å². The molecule has 0 spiro atoms. The molecule has 1 heterocycles. The Balaban J connectivity index is 1.74. The Bertz CT molecular complexity index is 816. The molecule has 1 aliphatic rings. The fraction of sp³-hybridized carbons (Fsp3) is 0.0667. The van der Waals surface area contributed by atoms with Crippen molar-refractivity contribution in [2.45, 2.75) is 0 Å². The highest BCUT2D eigenvalue weighted by Gasteiger charge is 2.15. The minimum Gasteiger partial charge on any atom is -0.454 e. The summed E-state index contributed by atoms with van der Waals surface area (Å²) in [6.07, 6.45) is 1.49. The van der Waals surface area contributed by atoms with Crippen molar-refractivity contribution in [3.8, 4) is 11.5 Å². The van der Waals surface area contributed by atoms with E-state index in [1.54, 1.807) is 42.5 Å². The molecule has 22 heavy (non-hydrogen) atoms. The van der Waals surface area contributed by atoms with Gasteiger partial charge in [-0.1, -0.05) is 23.7 Å². The minimum absolute atomic E-state index is 0.141. The zero-order valence-electron chi connectivity index (χ0n) is 11.3. The van der Waals surface area contributed by atoms with Crippen LogP contribution in [0.1, 0.15) is 5.56 Å². The summed E-state index contributed by atoms with van der Waals surface area (Å²) in [4.78, 5) is 0. The molecule has 2 aromatic rings. The summed E-state index contributed by atoms with van der Waals surface area (Å²) in [6, 6.07) is 11.7. The van der Waals surface area contributed by atoms with Crippen molar-refractivity contribution in [3.05, 3.63) is 58.5 Å². The third-order valence-electron chi connectivity index (χ3n) is 2.94. The third kappa shape index (κ3) is 3.52. The summed E-state index contributed by atoms with van der Waals surface area (Å²) in [5, 5.41) is 1.69. The molecule has 0 atom stereocenters. The van der Waals surface area contributed by atoms with Crippen molar-refractivity contribution in [2.75, 3.05) is 11.5 Å². The van der Waals surface area contributed by atoms with E-state index >= 15 is 0 Å².